The monoisotopic (exact) mass is 261 g/mol. The third-order valence-corrected chi connectivity index (χ3v) is 4.26. The summed E-state index contributed by atoms with van der Waals surface area (Å²) < 4.78 is 5.51. The van der Waals surface area contributed by atoms with Gasteiger partial charge in [0.15, 0.2) is 0 Å². The van der Waals surface area contributed by atoms with Crippen molar-refractivity contribution in [2.75, 3.05) is 7.11 Å². The first-order chi connectivity index (χ1) is 8.52. The highest BCUT2D eigenvalue weighted by Gasteiger charge is 2.13. The minimum Gasteiger partial charge on any atom is -0.496 e. The Kier molecular flexibility index (Phi) is 3.71. The number of ether oxygens (including phenoxy) is 1. The van der Waals surface area contributed by atoms with Crippen LogP contribution in [0.3, 0.4) is 0 Å². The lowest BCUT2D eigenvalue weighted by Gasteiger charge is -2.11. The highest BCUT2D eigenvalue weighted by Crippen LogP contribution is 2.35. The Morgan fingerprint density at radius 1 is 1.22 bits per heavy atom. The standard InChI is InChI=1S/C15H19NOS/c1-9(2)12-6-7-13(14(8-12)17-5)15-16-10(3)11(4)18-15/h6-9H,1-5H3. The SMILES string of the molecule is COc1cc(C(C)C)ccc1-c1nc(C)c(C)s1. The number of thiazole rings is 1. The highest BCUT2D eigenvalue weighted by atomic mass is 32.1. The van der Waals surface area contributed by atoms with Gasteiger partial charge in [0.25, 0.3) is 0 Å². The summed E-state index contributed by atoms with van der Waals surface area (Å²) in [6.07, 6.45) is 0. The van der Waals surface area contributed by atoms with Crippen molar-refractivity contribution in [3.05, 3.63) is 34.3 Å². The maximum Gasteiger partial charge on any atom is 0.129 e. The lowest BCUT2D eigenvalue weighted by atomic mass is 10.0. The Morgan fingerprint density at radius 3 is 2.44 bits per heavy atom. The Labute approximate surface area is 113 Å². The predicted molar refractivity (Wildman–Crippen MR) is 77.7 cm³/mol. The fourth-order valence-corrected chi connectivity index (χ4v) is 2.78. The first-order valence-electron chi connectivity index (χ1n) is 6.15. The van der Waals surface area contributed by atoms with Gasteiger partial charge in [-0.1, -0.05) is 19.9 Å². The molecule has 0 spiro atoms. The van der Waals surface area contributed by atoms with E-state index in [1.54, 1.807) is 18.4 Å². The first-order valence-corrected chi connectivity index (χ1v) is 6.97. The molecule has 2 nitrogen and oxygen atoms in total. The van der Waals surface area contributed by atoms with Gasteiger partial charge < -0.3 is 4.74 Å². The van der Waals surface area contributed by atoms with Gasteiger partial charge in [0.05, 0.1) is 18.4 Å². The van der Waals surface area contributed by atoms with E-state index < -0.39 is 0 Å². The van der Waals surface area contributed by atoms with Crippen LogP contribution in [0.25, 0.3) is 10.6 Å². The molecule has 0 unspecified atom stereocenters. The summed E-state index contributed by atoms with van der Waals surface area (Å²) in [4.78, 5) is 5.87. The minimum atomic E-state index is 0.507. The van der Waals surface area contributed by atoms with Gasteiger partial charge in [-0.3, -0.25) is 0 Å². The minimum absolute atomic E-state index is 0.507. The van der Waals surface area contributed by atoms with Crippen LogP contribution in [0.15, 0.2) is 18.2 Å². The van der Waals surface area contributed by atoms with Gasteiger partial charge >= 0.3 is 0 Å². The third-order valence-electron chi connectivity index (χ3n) is 3.15. The van der Waals surface area contributed by atoms with Crippen LogP contribution in [0.2, 0.25) is 0 Å². The summed E-state index contributed by atoms with van der Waals surface area (Å²) in [5.74, 6) is 1.42. The van der Waals surface area contributed by atoms with Gasteiger partial charge in [0.2, 0.25) is 0 Å². The fourth-order valence-electron chi connectivity index (χ4n) is 1.83. The second-order valence-electron chi connectivity index (χ2n) is 4.78. The van der Waals surface area contributed by atoms with Crippen molar-refractivity contribution in [3.8, 4) is 16.3 Å². The van der Waals surface area contributed by atoms with Gasteiger partial charge in [0.1, 0.15) is 10.8 Å². The van der Waals surface area contributed by atoms with E-state index in [4.69, 9.17) is 4.74 Å². The van der Waals surface area contributed by atoms with E-state index in [0.29, 0.717) is 5.92 Å². The lowest BCUT2D eigenvalue weighted by molar-refractivity contribution is 0.415. The Hall–Kier alpha value is -1.35. The lowest BCUT2D eigenvalue weighted by Crippen LogP contribution is -1.92. The van der Waals surface area contributed by atoms with Gasteiger partial charge in [-0.15, -0.1) is 11.3 Å². The molecule has 0 aliphatic carbocycles. The quantitative estimate of drug-likeness (QED) is 0.808. The van der Waals surface area contributed by atoms with Crippen molar-refractivity contribution in [3.63, 3.8) is 0 Å². The summed E-state index contributed by atoms with van der Waals surface area (Å²) in [6, 6.07) is 6.40. The van der Waals surface area contributed by atoms with E-state index in [-0.39, 0.29) is 0 Å². The van der Waals surface area contributed by atoms with E-state index in [0.717, 1.165) is 22.0 Å². The van der Waals surface area contributed by atoms with Crippen LogP contribution < -0.4 is 4.74 Å². The predicted octanol–water partition coefficient (Wildman–Crippen LogP) is 4.56. The number of aryl methyl sites for hydroxylation is 2. The van der Waals surface area contributed by atoms with Crippen LogP contribution >= 0.6 is 11.3 Å². The van der Waals surface area contributed by atoms with Crippen LogP contribution in [0.5, 0.6) is 5.75 Å². The van der Waals surface area contributed by atoms with Crippen LogP contribution in [-0.4, -0.2) is 12.1 Å². The summed E-state index contributed by atoms with van der Waals surface area (Å²) in [7, 11) is 1.72. The molecule has 0 amide bonds. The van der Waals surface area contributed by atoms with E-state index in [1.807, 2.05) is 6.92 Å². The summed E-state index contributed by atoms with van der Waals surface area (Å²) in [5.41, 5.74) is 3.48. The smallest absolute Gasteiger partial charge is 0.129 e. The summed E-state index contributed by atoms with van der Waals surface area (Å²) in [6.45, 7) is 8.52. The summed E-state index contributed by atoms with van der Waals surface area (Å²) >= 11 is 1.72. The number of rotatable bonds is 3. The number of benzene rings is 1. The maximum absolute atomic E-state index is 5.51. The molecule has 0 saturated carbocycles. The molecule has 0 saturated heterocycles. The van der Waals surface area contributed by atoms with Crippen molar-refractivity contribution in [2.24, 2.45) is 0 Å². The average molecular weight is 261 g/mol. The number of nitrogens with zero attached hydrogens (tertiary/aromatic N) is 1. The van der Waals surface area contributed by atoms with Gasteiger partial charge in [0, 0.05) is 4.88 Å². The zero-order valence-electron chi connectivity index (χ0n) is 11.6. The Bertz CT molecular complexity index is 538. The molecule has 2 aromatic rings. The van der Waals surface area contributed by atoms with Crippen molar-refractivity contribution in [1.82, 2.24) is 4.98 Å². The Balaban J connectivity index is 2.50. The average Bonchev–Trinajstić information content (AvgIpc) is 2.68. The van der Waals surface area contributed by atoms with Gasteiger partial charge in [-0.2, -0.15) is 0 Å². The second kappa shape index (κ2) is 5.11. The molecule has 0 N–H and O–H groups in total. The first kappa shape index (κ1) is 13.1. The highest BCUT2D eigenvalue weighted by molar-refractivity contribution is 7.15. The fraction of sp³-hybridized carbons (Fsp3) is 0.400. The molecule has 1 heterocycles. The van der Waals surface area contributed by atoms with Crippen molar-refractivity contribution >= 4 is 11.3 Å². The molecule has 1 aromatic carbocycles. The molecule has 0 radical (unpaired) electrons. The largest absolute Gasteiger partial charge is 0.496 e. The number of methoxy groups -OCH3 is 1. The van der Waals surface area contributed by atoms with Crippen LogP contribution in [0.4, 0.5) is 0 Å². The molecular weight excluding hydrogens is 242 g/mol. The van der Waals surface area contributed by atoms with E-state index in [1.165, 1.54) is 10.4 Å². The van der Waals surface area contributed by atoms with Gasteiger partial charge in [-0.05, 0) is 37.5 Å². The topological polar surface area (TPSA) is 22.1 Å². The third kappa shape index (κ3) is 2.41. The van der Waals surface area contributed by atoms with E-state index >= 15 is 0 Å². The molecule has 0 aliphatic rings. The number of hydrogen-bond acceptors (Lipinski definition) is 3. The number of aromatic nitrogens is 1. The number of hydrogen-bond donors (Lipinski definition) is 0. The van der Waals surface area contributed by atoms with Crippen LogP contribution in [0.1, 0.15) is 35.9 Å². The Morgan fingerprint density at radius 2 is 1.94 bits per heavy atom. The van der Waals surface area contributed by atoms with Gasteiger partial charge in [-0.25, -0.2) is 4.98 Å². The van der Waals surface area contributed by atoms with E-state index in [2.05, 4.69) is 44.0 Å². The zero-order chi connectivity index (χ0) is 13.3. The normalized spacial score (nSPS) is 11.0. The maximum atomic E-state index is 5.51. The summed E-state index contributed by atoms with van der Waals surface area (Å²) in [5, 5.41) is 1.04. The molecule has 0 atom stereocenters. The molecular formula is C15H19NOS. The molecule has 96 valence electrons. The van der Waals surface area contributed by atoms with Crippen molar-refractivity contribution in [2.45, 2.75) is 33.6 Å². The van der Waals surface area contributed by atoms with Crippen molar-refractivity contribution in [1.29, 1.82) is 0 Å². The molecule has 1 aromatic heterocycles. The van der Waals surface area contributed by atoms with E-state index in [9.17, 15) is 0 Å². The van der Waals surface area contributed by atoms with Crippen molar-refractivity contribution < 1.29 is 4.74 Å². The van der Waals surface area contributed by atoms with Crippen LogP contribution in [-0.2, 0) is 0 Å². The molecule has 18 heavy (non-hydrogen) atoms. The zero-order valence-corrected chi connectivity index (χ0v) is 12.4. The van der Waals surface area contributed by atoms with Crippen LogP contribution in [0, 0.1) is 13.8 Å². The molecule has 2 rings (SSSR count). The second-order valence-corrected chi connectivity index (χ2v) is 5.98. The molecule has 0 fully saturated rings. The molecule has 0 bridgehead atoms. The molecule has 3 heteroatoms. The molecule has 0 aliphatic heterocycles.